The molecule has 12 heavy (non-hydrogen) atoms. The number of carboxylic acid groups (broad SMARTS) is 1. The van der Waals surface area contributed by atoms with Gasteiger partial charge in [0.05, 0.1) is 3.42 Å². The van der Waals surface area contributed by atoms with Crippen molar-refractivity contribution in [3.8, 4) is 0 Å². The molecule has 0 saturated carbocycles. The summed E-state index contributed by atoms with van der Waals surface area (Å²) in [5.74, 6) is -1.49. The molecule has 0 aromatic carbocycles. The molecule has 0 amide bonds. The average molecular weight is 277 g/mol. The molecule has 0 aromatic heterocycles. The van der Waals surface area contributed by atoms with E-state index < -0.39 is 11.9 Å². The van der Waals surface area contributed by atoms with Gasteiger partial charge in [0.25, 0.3) is 0 Å². The smallest absolute Gasteiger partial charge is 0.0516 e. The van der Waals surface area contributed by atoms with Crippen molar-refractivity contribution in [2.45, 2.75) is 16.8 Å². The van der Waals surface area contributed by atoms with Gasteiger partial charge in [-0.05, 0) is 6.42 Å². The first-order valence-electron chi connectivity index (χ1n) is 3.86. The predicted octanol–water partition coefficient (Wildman–Crippen LogP) is 1.06. The largest absolute Gasteiger partial charge is 0.549 e. The molecule has 2 atom stereocenters. The molecular formula is C9H10IO2-. The second-order valence-corrected chi connectivity index (χ2v) is 4.83. The Kier molecular flexibility index (Phi) is 2.93. The number of rotatable bonds is 2. The summed E-state index contributed by atoms with van der Waals surface area (Å²) in [6, 6.07) is 0. The van der Waals surface area contributed by atoms with Crippen molar-refractivity contribution in [3.63, 3.8) is 0 Å². The Morgan fingerprint density at radius 1 is 1.67 bits per heavy atom. The number of carbonyl (C=O) groups excluding carboxylic acids is 1. The van der Waals surface area contributed by atoms with Crippen molar-refractivity contribution in [2.75, 3.05) is 0 Å². The topological polar surface area (TPSA) is 40.1 Å². The number of allylic oxidation sites excluding steroid dienone is 3. The normalized spacial score (nSPS) is 33.7. The molecule has 1 rings (SSSR count). The van der Waals surface area contributed by atoms with Crippen LogP contribution in [-0.2, 0) is 4.79 Å². The lowest BCUT2D eigenvalue weighted by Crippen LogP contribution is -2.42. The van der Waals surface area contributed by atoms with E-state index in [9.17, 15) is 9.90 Å². The lowest BCUT2D eigenvalue weighted by atomic mass is 9.86. The van der Waals surface area contributed by atoms with E-state index in [-0.39, 0.29) is 3.42 Å². The molecule has 0 aromatic rings. The van der Waals surface area contributed by atoms with Crippen molar-refractivity contribution < 1.29 is 9.90 Å². The van der Waals surface area contributed by atoms with Crippen LogP contribution < -0.4 is 5.11 Å². The van der Waals surface area contributed by atoms with E-state index in [1.165, 1.54) is 0 Å². The number of carboxylic acids is 1. The molecule has 0 spiro atoms. The van der Waals surface area contributed by atoms with Gasteiger partial charge >= 0.3 is 0 Å². The van der Waals surface area contributed by atoms with E-state index in [1.807, 2.05) is 19.1 Å². The van der Waals surface area contributed by atoms with Crippen LogP contribution in [0, 0.1) is 5.92 Å². The second kappa shape index (κ2) is 3.60. The Balaban J connectivity index is 2.92. The fourth-order valence-electron chi connectivity index (χ4n) is 1.27. The van der Waals surface area contributed by atoms with Crippen molar-refractivity contribution in [1.82, 2.24) is 0 Å². The molecule has 66 valence electrons. The molecular weight excluding hydrogens is 267 g/mol. The molecule has 0 heterocycles. The molecule has 2 unspecified atom stereocenters. The first-order valence-corrected chi connectivity index (χ1v) is 4.94. The van der Waals surface area contributed by atoms with Crippen LogP contribution in [0.4, 0.5) is 0 Å². The van der Waals surface area contributed by atoms with Gasteiger partial charge in [-0.2, -0.15) is 0 Å². The molecule has 0 N–H and O–H groups in total. The lowest BCUT2D eigenvalue weighted by Gasteiger charge is -2.32. The molecule has 0 aliphatic heterocycles. The first-order chi connectivity index (χ1) is 5.60. The van der Waals surface area contributed by atoms with Gasteiger partial charge in [-0.15, -0.1) is 0 Å². The fourth-order valence-corrected chi connectivity index (χ4v) is 1.94. The zero-order valence-electron chi connectivity index (χ0n) is 6.79. The maximum Gasteiger partial charge on any atom is 0.0516 e. The van der Waals surface area contributed by atoms with Crippen molar-refractivity contribution in [2.24, 2.45) is 5.92 Å². The van der Waals surface area contributed by atoms with Crippen LogP contribution in [0.1, 0.15) is 13.3 Å². The molecule has 0 saturated heterocycles. The highest BCUT2D eigenvalue weighted by atomic mass is 127. The summed E-state index contributed by atoms with van der Waals surface area (Å²) < 4.78 is -0.300. The summed E-state index contributed by atoms with van der Waals surface area (Å²) in [5, 5.41) is 10.7. The third-order valence-electron chi connectivity index (χ3n) is 2.10. The van der Waals surface area contributed by atoms with Crippen LogP contribution in [0.15, 0.2) is 24.3 Å². The minimum atomic E-state index is -0.994. The zero-order chi connectivity index (χ0) is 9.19. The Morgan fingerprint density at radius 3 is 2.75 bits per heavy atom. The quantitative estimate of drug-likeness (QED) is 0.559. The highest BCUT2D eigenvalue weighted by Gasteiger charge is 2.32. The number of halogens is 1. The van der Waals surface area contributed by atoms with Crippen LogP contribution in [0.2, 0.25) is 0 Å². The summed E-state index contributed by atoms with van der Waals surface area (Å²) in [6.07, 6.45) is 8.05. The molecule has 1 aliphatic rings. The minimum Gasteiger partial charge on any atom is -0.549 e. The fraction of sp³-hybridized carbons (Fsp3) is 0.444. The molecule has 0 radical (unpaired) electrons. The number of alkyl halides is 1. The Morgan fingerprint density at radius 2 is 2.33 bits per heavy atom. The van der Waals surface area contributed by atoms with Crippen LogP contribution in [0.25, 0.3) is 0 Å². The third-order valence-corrected chi connectivity index (χ3v) is 3.89. The molecule has 2 nitrogen and oxygen atoms in total. The number of carbonyl (C=O) groups is 1. The monoisotopic (exact) mass is 277 g/mol. The minimum absolute atomic E-state index is 0.300. The third kappa shape index (κ3) is 1.71. The lowest BCUT2D eigenvalue weighted by molar-refractivity contribution is -0.310. The van der Waals surface area contributed by atoms with Crippen LogP contribution >= 0.6 is 22.6 Å². The van der Waals surface area contributed by atoms with Crippen molar-refractivity contribution in [3.05, 3.63) is 24.3 Å². The summed E-state index contributed by atoms with van der Waals surface area (Å²) in [6.45, 7) is 1.98. The maximum absolute atomic E-state index is 10.7. The summed E-state index contributed by atoms with van der Waals surface area (Å²) in [5.41, 5.74) is 0. The molecule has 0 fully saturated rings. The van der Waals surface area contributed by atoms with Gasteiger partial charge in [-0.25, -0.2) is 0 Å². The van der Waals surface area contributed by atoms with E-state index >= 15 is 0 Å². The van der Waals surface area contributed by atoms with Crippen LogP contribution in [0.3, 0.4) is 0 Å². The second-order valence-electron chi connectivity index (χ2n) is 2.82. The van der Waals surface area contributed by atoms with Crippen molar-refractivity contribution >= 4 is 28.6 Å². The molecule has 1 aliphatic carbocycles. The van der Waals surface area contributed by atoms with E-state index in [0.29, 0.717) is 0 Å². The number of hydrogen-bond donors (Lipinski definition) is 0. The summed E-state index contributed by atoms with van der Waals surface area (Å²) in [7, 11) is 0. The van der Waals surface area contributed by atoms with Gasteiger partial charge < -0.3 is 9.90 Å². The van der Waals surface area contributed by atoms with E-state index in [2.05, 4.69) is 22.6 Å². The van der Waals surface area contributed by atoms with Crippen LogP contribution in [0.5, 0.6) is 0 Å². The van der Waals surface area contributed by atoms with Crippen molar-refractivity contribution in [1.29, 1.82) is 0 Å². The first kappa shape index (κ1) is 9.77. The summed E-state index contributed by atoms with van der Waals surface area (Å²) >= 11 is 2.17. The Hall–Kier alpha value is -0.320. The molecule has 0 bridgehead atoms. The van der Waals surface area contributed by atoms with E-state index in [4.69, 9.17) is 0 Å². The SMILES string of the molecule is CCC1(I)C=CC=CC1C(=O)[O-]. The van der Waals surface area contributed by atoms with Crippen LogP contribution in [-0.4, -0.2) is 9.39 Å². The standard InChI is InChI=1S/C9H11IO2/c1-2-9(10)6-4-3-5-7(9)8(11)12/h3-7H,2H2,1H3,(H,11,12)/p-1. The van der Waals surface area contributed by atoms with Gasteiger partial charge in [0, 0.05) is 11.9 Å². The van der Waals surface area contributed by atoms with Gasteiger partial charge in [0.15, 0.2) is 0 Å². The maximum atomic E-state index is 10.7. The Bertz CT molecular complexity index is 245. The number of hydrogen-bond acceptors (Lipinski definition) is 2. The highest BCUT2D eigenvalue weighted by Crippen LogP contribution is 2.36. The van der Waals surface area contributed by atoms with Gasteiger partial charge in [0.1, 0.15) is 0 Å². The van der Waals surface area contributed by atoms with Gasteiger partial charge in [-0.1, -0.05) is 53.8 Å². The van der Waals surface area contributed by atoms with E-state index in [0.717, 1.165) is 6.42 Å². The Labute approximate surface area is 85.5 Å². The highest BCUT2D eigenvalue weighted by molar-refractivity contribution is 14.1. The predicted molar refractivity (Wildman–Crippen MR) is 53.8 cm³/mol. The van der Waals surface area contributed by atoms with Gasteiger partial charge in [-0.3, -0.25) is 0 Å². The number of aliphatic carboxylic acids is 1. The van der Waals surface area contributed by atoms with E-state index in [1.54, 1.807) is 12.2 Å². The zero-order valence-corrected chi connectivity index (χ0v) is 8.95. The average Bonchev–Trinajstić information content (AvgIpc) is 2.05. The summed E-state index contributed by atoms with van der Waals surface area (Å²) in [4.78, 5) is 10.7. The van der Waals surface area contributed by atoms with Gasteiger partial charge in [0.2, 0.25) is 0 Å². The molecule has 3 heteroatoms.